The molecular weight excluding hydrogens is 364 g/mol. The van der Waals surface area contributed by atoms with Gasteiger partial charge in [-0.25, -0.2) is 0 Å². The van der Waals surface area contributed by atoms with Crippen LogP contribution in [0.5, 0.6) is 11.5 Å². The number of benzene rings is 3. The van der Waals surface area contributed by atoms with Gasteiger partial charge in [-0.2, -0.15) is 0 Å². The van der Waals surface area contributed by atoms with Gasteiger partial charge in [-0.15, -0.1) is 0 Å². The van der Waals surface area contributed by atoms with Crippen LogP contribution in [-0.2, 0) is 0 Å². The summed E-state index contributed by atoms with van der Waals surface area (Å²) in [5.74, 6) is 6.76. The minimum Gasteiger partial charge on any atom is -0.457 e. The zero-order valence-corrected chi connectivity index (χ0v) is 15.9. The van der Waals surface area contributed by atoms with Crippen molar-refractivity contribution in [2.45, 2.75) is 0 Å². The van der Waals surface area contributed by atoms with E-state index in [2.05, 4.69) is 22.5 Å². The quantitative estimate of drug-likeness (QED) is 0.660. The molecule has 5 nitrogen and oxygen atoms in total. The molecule has 0 fully saturated rings. The second-order valence-corrected chi connectivity index (χ2v) is 6.05. The molecule has 29 heavy (non-hydrogen) atoms. The van der Waals surface area contributed by atoms with Crippen LogP contribution in [0.1, 0.15) is 26.3 Å². The first-order valence-electron chi connectivity index (χ1n) is 9.08. The van der Waals surface area contributed by atoms with Crippen molar-refractivity contribution in [3.8, 4) is 23.3 Å². The van der Waals surface area contributed by atoms with Gasteiger partial charge >= 0.3 is 0 Å². The highest BCUT2D eigenvalue weighted by Gasteiger charge is 2.07. The predicted octanol–water partition coefficient (Wildman–Crippen LogP) is 3.62. The molecule has 0 aromatic heterocycles. The van der Waals surface area contributed by atoms with Crippen LogP contribution in [-0.4, -0.2) is 25.4 Å². The van der Waals surface area contributed by atoms with Gasteiger partial charge in [0.1, 0.15) is 11.5 Å². The predicted molar refractivity (Wildman–Crippen MR) is 112 cm³/mol. The molecule has 0 atom stereocenters. The van der Waals surface area contributed by atoms with Crippen molar-refractivity contribution in [1.82, 2.24) is 10.6 Å². The standard InChI is InChI=1S/C24H20N2O3/c1-25-24(28)22-12-6-5-8-18(22)9-7-17-26-23(27)19-13-15-21(16-14-19)29-20-10-3-2-4-11-20/h2-6,8,10-16H,17H2,1H3,(H,25,28)(H,26,27). The van der Waals surface area contributed by atoms with Gasteiger partial charge < -0.3 is 15.4 Å². The topological polar surface area (TPSA) is 67.4 Å². The molecule has 0 bridgehead atoms. The molecule has 0 aliphatic heterocycles. The molecule has 0 saturated carbocycles. The first-order valence-corrected chi connectivity index (χ1v) is 9.08. The summed E-state index contributed by atoms with van der Waals surface area (Å²) in [5, 5.41) is 5.33. The van der Waals surface area contributed by atoms with Crippen LogP contribution in [0, 0.1) is 11.8 Å². The SMILES string of the molecule is CNC(=O)c1ccccc1C#CCNC(=O)c1ccc(Oc2ccccc2)cc1. The zero-order chi connectivity index (χ0) is 20.5. The Balaban J connectivity index is 1.57. The molecular formula is C24H20N2O3. The third kappa shape index (κ3) is 5.47. The normalized spacial score (nSPS) is 9.69. The van der Waals surface area contributed by atoms with Crippen LogP contribution < -0.4 is 15.4 Å². The highest BCUT2D eigenvalue weighted by atomic mass is 16.5. The molecule has 2 N–H and O–H groups in total. The van der Waals surface area contributed by atoms with E-state index >= 15 is 0 Å². The minimum absolute atomic E-state index is 0.170. The van der Waals surface area contributed by atoms with E-state index in [0.29, 0.717) is 22.4 Å². The molecule has 2 amide bonds. The fraction of sp³-hybridized carbons (Fsp3) is 0.0833. The monoisotopic (exact) mass is 384 g/mol. The van der Waals surface area contributed by atoms with Crippen LogP contribution >= 0.6 is 0 Å². The Bertz CT molecular complexity index is 1050. The van der Waals surface area contributed by atoms with Crippen molar-refractivity contribution >= 4 is 11.8 Å². The van der Waals surface area contributed by atoms with Gasteiger partial charge in [0.2, 0.25) is 0 Å². The lowest BCUT2D eigenvalue weighted by molar-refractivity contribution is 0.0952. The van der Waals surface area contributed by atoms with Gasteiger partial charge in [0.25, 0.3) is 11.8 Å². The largest absolute Gasteiger partial charge is 0.457 e. The van der Waals surface area contributed by atoms with Crippen LogP contribution in [0.4, 0.5) is 0 Å². The first-order chi connectivity index (χ1) is 14.2. The summed E-state index contributed by atoms with van der Waals surface area (Å²) in [4.78, 5) is 24.1. The van der Waals surface area contributed by atoms with Crippen LogP contribution in [0.2, 0.25) is 0 Å². The maximum Gasteiger partial charge on any atom is 0.252 e. The average molecular weight is 384 g/mol. The molecule has 0 radical (unpaired) electrons. The third-order valence-corrected chi connectivity index (χ3v) is 4.05. The number of carbonyl (C=O) groups excluding carboxylic acids is 2. The number of hydrogen-bond acceptors (Lipinski definition) is 3. The van der Waals surface area contributed by atoms with Crippen molar-refractivity contribution in [3.63, 3.8) is 0 Å². The molecule has 3 rings (SSSR count). The zero-order valence-electron chi connectivity index (χ0n) is 15.9. The van der Waals surface area contributed by atoms with E-state index in [-0.39, 0.29) is 18.4 Å². The van der Waals surface area contributed by atoms with Gasteiger partial charge in [0.05, 0.1) is 12.1 Å². The molecule has 0 aliphatic rings. The average Bonchev–Trinajstić information content (AvgIpc) is 2.77. The summed E-state index contributed by atoms with van der Waals surface area (Å²) in [6.07, 6.45) is 0. The smallest absolute Gasteiger partial charge is 0.252 e. The lowest BCUT2D eigenvalue weighted by Gasteiger charge is -2.06. The van der Waals surface area contributed by atoms with E-state index in [4.69, 9.17) is 4.74 Å². The molecule has 3 aromatic rings. The maximum atomic E-state index is 12.3. The fourth-order valence-electron chi connectivity index (χ4n) is 2.59. The molecule has 3 aromatic carbocycles. The number of ether oxygens (including phenoxy) is 1. The van der Waals surface area contributed by atoms with E-state index in [9.17, 15) is 9.59 Å². The van der Waals surface area contributed by atoms with Gasteiger partial charge in [-0.05, 0) is 48.5 Å². The lowest BCUT2D eigenvalue weighted by atomic mass is 10.1. The Morgan fingerprint density at radius 1 is 0.828 bits per heavy atom. The molecule has 0 heterocycles. The number of hydrogen-bond donors (Lipinski definition) is 2. The van der Waals surface area contributed by atoms with E-state index in [1.54, 1.807) is 49.5 Å². The number of rotatable bonds is 5. The van der Waals surface area contributed by atoms with Gasteiger partial charge in [-0.1, -0.05) is 42.2 Å². The summed E-state index contributed by atoms with van der Waals surface area (Å²) < 4.78 is 5.71. The highest BCUT2D eigenvalue weighted by molar-refractivity contribution is 5.96. The van der Waals surface area contributed by atoms with Crippen LogP contribution in [0.15, 0.2) is 78.9 Å². The summed E-state index contributed by atoms with van der Waals surface area (Å²) in [6.45, 7) is 0.170. The van der Waals surface area contributed by atoms with Crippen molar-refractivity contribution in [2.24, 2.45) is 0 Å². The van der Waals surface area contributed by atoms with E-state index in [1.165, 1.54) is 0 Å². The van der Waals surface area contributed by atoms with E-state index < -0.39 is 0 Å². The highest BCUT2D eigenvalue weighted by Crippen LogP contribution is 2.21. The molecule has 5 heteroatoms. The van der Waals surface area contributed by atoms with Crippen LogP contribution in [0.3, 0.4) is 0 Å². The number of amides is 2. The Morgan fingerprint density at radius 3 is 2.21 bits per heavy atom. The van der Waals surface area contributed by atoms with E-state index in [0.717, 1.165) is 5.75 Å². The number of para-hydroxylation sites is 1. The van der Waals surface area contributed by atoms with Crippen molar-refractivity contribution in [3.05, 3.63) is 95.6 Å². The molecule has 0 unspecified atom stereocenters. The second-order valence-electron chi connectivity index (χ2n) is 6.05. The van der Waals surface area contributed by atoms with Crippen LogP contribution in [0.25, 0.3) is 0 Å². The van der Waals surface area contributed by atoms with Crippen molar-refractivity contribution in [1.29, 1.82) is 0 Å². The Labute approximate surface area is 169 Å². The molecule has 144 valence electrons. The third-order valence-electron chi connectivity index (χ3n) is 4.05. The van der Waals surface area contributed by atoms with Crippen molar-refractivity contribution < 1.29 is 14.3 Å². The number of nitrogens with one attached hydrogen (secondary N) is 2. The summed E-state index contributed by atoms with van der Waals surface area (Å²) in [7, 11) is 1.57. The molecule has 0 saturated heterocycles. The van der Waals surface area contributed by atoms with Crippen molar-refractivity contribution in [2.75, 3.05) is 13.6 Å². The summed E-state index contributed by atoms with van der Waals surface area (Å²) in [5.41, 5.74) is 1.63. The van der Waals surface area contributed by atoms with E-state index in [1.807, 2.05) is 36.4 Å². The number of carbonyl (C=O) groups is 2. The lowest BCUT2D eigenvalue weighted by Crippen LogP contribution is -2.23. The fourth-order valence-corrected chi connectivity index (χ4v) is 2.59. The van der Waals surface area contributed by atoms with Gasteiger partial charge in [0.15, 0.2) is 0 Å². The van der Waals surface area contributed by atoms with Gasteiger partial charge in [0, 0.05) is 18.2 Å². The second kappa shape index (κ2) is 9.77. The molecule has 0 aliphatic carbocycles. The summed E-state index contributed by atoms with van der Waals surface area (Å²) >= 11 is 0. The molecule has 0 spiro atoms. The summed E-state index contributed by atoms with van der Waals surface area (Å²) in [6, 6.07) is 23.4. The Morgan fingerprint density at radius 2 is 1.48 bits per heavy atom. The Hall–Kier alpha value is -4.04. The Kier molecular flexibility index (Phi) is 6.64. The maximum absolute atomic E-state index is 12.3. The minimum atomic E-state index is -0.231. The van der Waals surface area contributed by atoms with Gasteiger partial charge in [-0.3, -0.25) is 9.59 Å². The first kappa shape index (κ1) is 19.7.